The molecule has 0 spiro atoms. The molecule has 2 rings (SSSR count). The van der Waals surface area contributed by atoms with E-state index in [4.69, 9.17) is 5.11 Å². The molecule has 2 unspecified atom stereocenters. The largest absolute Gasteiger partial charge is 0.480 e. The molecule has 7 nitrogen and oxygen atoms in total. The lowest BCUT2D eigenvalue weighted by Gasteiger charge is -2.24. The zero-order valence-electron chi connectivity index (χ0n) is 9.61. The monoisotopic (exact) mass is 268 g/mol. The van der Waals surface area contributed by atoms with Gasteiger partial charge >= 0.3 is 12.0 Å². The van der Waals surface area contributed by atoms with Crippen LogP contribution in [-0.2, 0) is 4.79 Å². The first-order valence-electron chi connectivity index (χ1n) is 5.30. The third kappa shape index (κ3) is 2.53. The van der Waals surface area contributed by atoms with Crippen LogP contribution in [0.25, 0.3) is 0 Å². The molecule has 2 N–H and O–H groups in total. The van der Waals surface area contributed by atoms with E-state index in [2.05, 4.69) is 15.3 Å². The Hall–Kier alpha value is -1.83. The van der Waals surface area contributed by atoms with Crippen molar-refractivity contribution in [3.63, 3.8) is 0 Å². The lowest BCUT2D eigenvalue weighted by atomic mass is 10.3. The number of amides is 2. The van der Waals surface area contributed by atoms with Gasteiger partial charge in [0, 0.05) is 18.1 Å². The first kappa shape index (κ1) is 12.6. The van der Waals surface area contributed by atoms with Crippen LogP contribution in [0.5, 0.6) is 0 Å². The number of anilines is 1. The van der Waals surface area contributed by atoms with Crippen molar-refractivity contribution in [2.24, 2.45) is 0 Å². The second-order valence-electron chi connectivity index (χ2n) is 3.70. The van der Waals surface area contributed by atoms with Gasteiger partial charge in [-0.25, -0.2) is 19.6 Å². The van der Waals surface area contributed by atoms with Crippen molar-refractivity contribution in [3.05, 3.63) is 18.5 Å². The number of nitrogens with zero attached hydrogens (tertiary/aromatic N) is 3. The smallest absolute Gasteiger partial charge is 0.327 e. The van der Waals surface area contributed by atoms with Crippen LogP contribution in [0.2, 0.25) is 0 Å². The van der Waals surface area contributed by atoms with Crippen LogP contribution in [0, 0.1) is 0 Å². The van der Waals surface area contributed by atoms with Gasteiger partial charge in [-0.3, -0.25) is 10.2 Å². The normalized spacial score (nSPS) is 22.8. The van der Waals surface area contributed by atoms with Crippen molar-refractivity contribution in [2.75, 3.05) is 11.1 Å². The van der Waals surface area contributed by atoms with Crippen molar-refractivity contribution >= 4 is 29.7 Å². The molecule has 2 heterocycles. The van der Waals surface area contributed by atoms with Gasteiger partial charge in [0.05, 0.1) is 5.37 Å². The minimum Gasteiger partial charge on any atom is -0.480 e. The first-order valence-corrected chi connectivity index (χ1v) is 6.35. The van der Waals surface area contributed by atoms with Gasteiger partial charge in [0.15, 0.2) is 0 Å². The summed E-state index contributed by atoms with van der Waals surface area (Å²) >= 11 is 1.42. The number of hydrogen-bond donors (Lipinski definition) is 2. The Kier molecular flexibility index (Phi) is 3.66. The van der Waals surface area contributed by atoms with Gasteiger partial charge in [-0.05, 0) is 13.0 Å². The average Bonchev–Trinajstić information content (AvgIpc) is 2.72. The van der Waals surface area contributed by atoms with Crippen molar-refractivity contribution < 1.29 is 14.7 Å². The highest BCUT2D eigenvalue weighted by Gasteiger charge is 2.39. The van der Waals surface area contributed by atoms with Crippen molar-refractivity contribution in [2.45, 2.75) is 18.3 Å². The summed E-state index contributed by atoms with van der Waals surface area (Å²) in [5, 5.41) is 11.4. The average molecular weight is 268 g/mol. The Bertz CT molecular complexity index is 456. The molecule has 0 saturated carbocycles. The molecule has 0 radical (unpaired) electrons. The number of carboxylic acid groups (broad SMARTS) is 1. The van der Waals surface area contributed by atoms with Gasteiger partial charge in [-0.15, -0.1) is 11.8 Å². The Morgan fingerprint density at radius 2 is 2.17 bits per heavy atom. The summed E-state index contributed by atoms with van der Waals surface area (Å²) < 4.78 is 0. The number of aliphatic carboxylic acids is 1. The van der Waals surface area contributed by atoms with Gasteiger partial charge in [-0.2, -0.15) is 0 Å². The van der Waals surface area contributed by atoms with Crippen LogP contribution >= 0.6 is 11.8 Å². The SMILES string of the molecule is CC1SCC(C(=O)O)N1C(=O)Nc1ncccn1. The maximum atomic E-state index is 12.0. The molecule has 0 aromatic carbocycles. The molecular weight excluding hydrogens is 256 g/mol. The minimum atomic E-state index is -1.00. The highest BCUT2D eigenvalue weighted by Crippen LogP contribution is 2.29. The summed E-state index contributed by atoms with van der Waals surface area (Å²) in [6.45, 7) is 1.79. The zero-order chi connectivity index (χ0) is 13.1. The third-order valence-corrected chi connectivity index (χ3v) is 3.74. The molecule has 1 saturated heterocycles. The minimum absolute atomic E-state index is 0.163. The predicted molar refractivity (Wildman–Crippen MR) is 66.2 cm³/mol. The van der Waals surface area contributed by atoms with E-state index in [1.807, 2.05) is 0 Å². The molecule has 1 aliphatic rings. The summed E-state index contributed by atoms with van der Waals surface area (Å²) in [5.41, 5.74) is 0. The second-order valence-corrected chi connectivity index (χ2v) is 5.05. The van der Waals surface area contributed by atoms with Gasteiger partial charge in [0.1, 0.15) is 6.04 Å². The number of thioether (sulfide) groups is 1. The number of nitrogens with one attached hydrogen (secondary N) is 1. The Balaban J connectivity index is 2.10. The third-order valence-electron chi connectivity index (χ3n) is 2.53. The van der Waals surface area contributed by atoms with Crippen LogP contribution in [-0.4, -0.2) is 49.1 Å². The molecular formula is C10H12N4O3S. The fraction of sp³-hybridized carbons (Fsp3) is 0.400. The number of aromatic nitrogens is 2. The van der Waals surface area contributed by atoms with E-state index >= 15 is 0 Å². The molecule has 0 bridgehead atoms. The molecule has 2 amide bonds. The molecule has 96 valence electrons. The zero-order valence-corrected chi connectivity index (χ0v) is 10.4. The van der Waals surface area contributed by atoms with E-state index in [-0.39, 0.29) is 11.3 Å². The van der Waals surface area contributed by atoms with Crippen molar-refractivity contribution in [3.8, 4) is 0 Å². The molecule has 2 atom stereocenters. The summed E-state index contributed by atoms with van der Waals surface area (Å²) in [7, 11) is 0. The van der Waals surface area contributed by atoms with E-state index in [1.165, 1.54) is 29.1 Å². The Labute approximate surface area is 108 Å². The van der Waals surface area contributed by atoms with Crippen molar-refractivity contribution in [1.29, 1.82) is 0 Å². The number of carbonyl (C=O) groups excluding carboxylic acids is 1. The van der Waals surface area contributed by atoms with Crippen LogP contribution in [0.15, 0.2) is 18.5 Å². The first-order chi connectivity index (χ1) is 8.59. The molecule has 0 aliphatic carbocycles. The van der Waals surface area contributed by atoms with Gasteiger partial charge in [0.25, 0.3) is 0 Å². The number of urea groups is 1. The van der Waals surface area contributed by atoms with Crippen LogP contribution in [0.3, 0.4) is 0 Å². The molecule has 18 heavy (non-hydrogen) atoms. The summed E-state index contributed by atoms with van der Waals surface area (Å²) in [4.78, 5) is 32.1. The molecule has 1 aromatic heterocycles. The van der Waals surface area contributed by atoms with Crippen LogP contribution in [0.4, 0.5) is 10.7 Å². The van der Waals surface area contributed by atoms with Crippen LogP contribution in [0.1, 0.15) is 6.92 Å². The van der Waals surface area contributed by atoms with E-state index in [1.54, 1.807) is 13.0 Å². The fourth-order valence-electron chi connectivity index (χ4n) is 1.67. The maximum Gasteiger partial charge on any atom is 0.327 e. The Morgan fingerprint density at radius 1 is 1.50 bits per heavy atom. The lowest BCUT2D eigenvalue weighted by Crippen LogP contribution is -2.47. The Morgan fingerprint density at radius 3 is 2.78 bits per heavy atom. The molecule has 1 fully saturated rings. The highest BCUT2D eigenvalue weighted by atomic mass is 32.2. The molecule has 1 aromatic rings. The summed E-state index contributed by atoms with van der Waals surface area (Å²) in [6.07, 6.45) is 3.00. The number of carbonyl (C=O) groups is 2. The van der Waals surface area contributed by atoms with Crippen LogP contribution < -0.4 is 5.32 Å². The standard InChI is InChI=1S/C10H12N4O3S/c1-6-14(7(5-18-6)8(15)16)10(17)13-9-11-3-2-4-12-9/h2-4,6-7H,5H2,1H3,(H,15,16)(H,11,12,13,17). The number of rotatable bonds is 2. The summed E-state index contributed by atoms with van der Waals surface area (Å²) in [5.74, 6) is -0.453. The number of hydrogen-bond acceptors (Lipinski definition) is 5. The molecule has 1 aliphatic heterocycles. The van der Waals surface area contributed by atoms with Gasteiger partial charge < -0.3 is 5.11 Å². The quantitative estimate of drug-likeness (QED) is 0.825. The van der Waals surface area contributed by atoms with E-state index < -0.39 is 18.0 Å². The lowest BCUT2D eigenvalue weighted by molar-refractivity contribution is -0.141. The van der Waals surface area contributed by atoms with Crippen molar-refractivity contribution in [1.82, 2.24) is 14.9 Å². The highest BCUT2D eigenvalue weighted by molar-refractivity contribution is 8.00. The summed E-state index contributed by atoms with van der Waals surface area (Å²) in [6, 6.07) is 0.323. The second kappa shape index (κ2) is 5.21. The van der Waals surface area contributed by atoms with E-state index in [9.17, 15) is 9.59 Å². The fourth-order valence-corrected chi connectivity index (χ4v) is 2.83. The maximum absolute atomic E-state index is 12.0. The number of carboxylic acids is 1. The van der Waals surface area contributed by atoms with E-state index in [0.717, 1.165) is 0 Å². The molecule has 8 heteroatoms. The van der Waals surface area contributed by atoms with Gasteiger partial charge in [0.2, 0.25) is 5.95 Å². The predicted octanol–water partition coefficient (Wildman–Crippen LogP) is 0.856. The van der Waals surface area contributed by atoms with E-state index in [0.29, 0.717) is 5.75 Å². The topological polar surface area (TPSA) is 95.4 Å². The van der Waals surface area contributed by atoms with Gasteiger partial charge in [-0.1, -0.05) is 0 Å².